The van der Waals surface area contributed by atoms with Crippen molar-refractivity contribution >= 4 is 32.7 Å². The maximum absolute atomic E-state index is 6.92. The first kappa shape index (κ1) is 18.8. The van der Waals surface area contributed by atoms with Gasteiger partial charge in [0, 0.05) is 20.8 Å². The summed E-state index contributed by atoms with van der Waals surface area (Å²) in [5.41, 5.74) is 0. The van der Waals surface area contributed by atoms with Gasteiger partial charge in [-0.3, -0.25) is 0 Å². The van der Waals surface area contributed by atoms with Gasteiger partial charge in [0.25, 0.3) is 8.32 Å². The van der Waals surface area contributed by atoms with Crippen molar-refractivity contribution in [3.63, 3.8) is 0 Å². The van der Waals surface area contributed by atoms with Crippen molar-refractivity contribution in [2.45, 2.75) is 6.55 Å². The van der Waals surface area contributed by atoms with Gasteiger partial charge in [0.1, 0.15) is 0 Å². The molecule has 0 fully saturated rings. The molecule has 0 atom stereocenters. The van der Waals surface area contributed by atoms with Crippen molar-refractivity contribution in [1.82, 2.24) is 0 Å². The first-order valence-electron chi connectivity index (χ1n) is 8.62. The number of rotatable bonds is 7. The van der Waals surface area contributed by atoms with Crippen molar-refractivity contribution < 1.29 is 13.0 Å². The summed E-state index contributed by atoms with van der Waals surface area (Å²) in [5.74, 6) is 0. The molecule has 0 bridgehead atoms. The second kappa shape index (κ2) is 8.11. The maximum atomic E-state index is 6.92. The molecule has 0 saturated heterocycles. The molecular formula is C21H24O3Si2. The Morgan fingerprint density at radius 2 is 0.846 bits per heavy atom. The summed E-state index contributed by atoms with van der Waals surface area (Å²) < 4.78 is 18.4. The first-order valence-corrected chi connectivity index (χ1v) is 12.7. The number of hydrogen-bond acceptors (Lipinski definition) is 3. The van der Waals surface area contributed by atoms with E-state index in [1.165, 1.54) is 15.6 Å². The van der Waals surface area contributed by atoms with Gasteiger partial charge >= 0.3 is 8.80 Å². The average Bonchev–Trinajstić information content (AvgIpc) is 2.74. The van der Waals surface area contributed by atoms with E-state index in [0.29, 0.717) is 0 Å². The highest BCUT2D eigenvalue weighted by Gasteiger charge is 2.49. The normalized spacial score (nSPS) is 12.1. The van der Waals surface area contributed by atoms with Crippen LogP contribution < -0.4 is 15.6 Å². The molecule has 3 rings (SSSR count). The third-order valence-electron chi connectivity index (χ3n) is 4.62. The average molecular weight is 381 g/mol. The maximum Gasteiger partial charge on any atom is 0.487 e. The van der Waals surface area contributed by atoms with E-state index in [1.807, 2.05) is 24.7 Å². The summed E-state index contributed by atoms with van der Waals surface area (Å²) in [6.45, 7) is 1.95. The number of benzene rings is 3. The van der Waals surface area contributed by atoms with Crippen molar-refractivity contribution in [3.05, 3.63) is 91.0 Å². The molecule has 3 nitrogen and oxygen atoms in total. The molecule has 0 N–H and O–H groups in total. The van der Waals surface area contributed by atoms with Gasteiger partial charge in [0.2, 0.25) is 0 Å². The van der Waals surface area contributed by atoms with Crippen LogP contribution in [0.5, 0.6) is 0 Å². The van der Waals surface area contributed by atoms with E-state index in [4.69, 9.17) is 13.0 Å². The van der Waals surface area contributed by atoms with Crippen molar-refractivity contribution in [3.8, 4) is 0 Å². The fourth-order valence-corrected chi connectivity index (χ4v) is 10.6. The summed E-state index contributed by atoms with van der Waals surface area (Å²) in [4.78, 5) is 0. The molecule has 3 aromatic carbocycles. The van der Waals surface area contributed by atoms with E-state index < -0.39 is 17.1 Å². The lowest BCUT2D eigenvalue weighted by Gasteiger charge is -2.38. The van der Waals surface area contributed by atoms with Gasteiger partial charge < -0.3 is 13.0 Å². The lowest BCUT2D eigenvalue weighted by Crippen LogP contribution is -2.73. The Morgan fingerprint density at radius 3 is 1.12 bits per heavy atom. The summed E-state index contributed by atoms with van der Waals surface area (Å²) in [6.07, 6.45) is 0. The lowest BCUT2D eigenvalue weighted by atomic mass is 10.3. The molecule has 0 amide bonds. The highest BCUT2D eigenvalue weighted by Crippen LogP contribution is 2.17. The standard InChI is InChI=1S/C21H24O3Si2/c1-22-25(3,23-2)24-26(19-13-7-4-8-14-19,20-15-9-5-10-16-20)21-17-11-6-12-18-21/h4-18H,1-3H3. The SMILES string of the molecule is CO[Si](C)(OC)O[Si](c1ccccc1)(c1ccccc1)c1ccccc1. The van der Waals surface area contributed by atoms with Gasteiger partial charge in [-0.25, -0.2) is 0 Å². The van der Waals surface area contributed by atoms with E-state index in [9.17, 15) is 0 Å². The van der Waals surface area contributed by atoms with Crippen molar-refractivity contribution in [2.24, 2.45) is 0 Å². The molecule has 0 aliphatic heterocycles. The van der Waals surface area contributed by atoms with Gasteiger partial charge in [-0.1, -0.05) is 91.0 Å². The van der Waals surface area contributed by atoms with Crippen LogP contribution in [0.1, 0.15) is 0 Å². The minimum absolute atomic E-state index is 1.17. The van der Waals surface area contributed by atoms with Crippen LogP contribution in [0, 0.1) is 0 Å². The van der Waals surface area contributed by atoms with Gasteiger partial charge in [-0.05, 0) is 15.6 Å². The van der Waals surface area contributed by atoms with E-state index in [1.54, 1.807) is 14.2 Å². The van der Waals surface area contributed by atoms with E-state index >= 15 is 0 Å². The summed E-state index contributed by atoms with van der Waals surface area (Å²) >= 11 is 0. The molecule has 3 aromatic rings. The zero-order valence-electron chi connectivity index (χ0n) is 15.4. The zero-order chi connectivity index (χ0) is 18.5. The fourth-order valence-electron chi connectivity index (χ4n) is 3.14. The van der Waals surface area contributed by atoms with Gasteiger partial charge in [0.15, 0.2) is 0 Å². The Bertz CT molecular complexity index is 710. The van der Waals surface area contributed by atoms with E-state index in [0.717, 1.165) is 0 Å². The van der Waals surface area contributed by atoms with E-state index in [-0.39, 0.29) is 0 Å². The molecule has 0 heterocycles. The third kappa shape index (κ3) is 3.58. The second-order valence-electron chi connectivity index (χ2n) is 6.15. The van der Waals surface area contributed by atoms with Crippen LogP contribution in [0.4, 0.5) is 0 Å². The smallest absolute Gasteiger partial charge is 0.403 e. The molecule has 0 saturated carbocycles. The van der Waals surface area contributed by atoms with Crippen LogP contribution in [0.3, 0.4) is 0 Å². The lowest BCUT2D eigenvalue weighted by molar-refractivity contribution is 0.169. The van der Waals surface area contributed by atoms with Crippen LogP contribution in [0.2, 0.25) is 6.55 Å². The van der Waals surface area contributed by atoms with Gasteiger partial charge in [-0.2, -0.15) is 0 Å². The quantitative estimate of drug-likeness (QED) is 0.466. The third-order valence-corrected chi connectivity index (χ3v) is 12.3. The molecule has 0 radical (unpaired) electrons. The molecule has 134 valence electrons. The van der Waals surface area contributed by atoms with E-state index in [2.05, 4.69) is 72.8 Å². The van der Waals surface area contributed by atoms with Crippen molar-refractivity contribution in [2.75, 3.05) is 14.2 Å². The predicted molar refractivity (Wildman–Crippen MR) is 111 cm³/mol. The van der Waals surface area contributed by atoms with Crippen LogP contribution in [-0.4, -0.2) is 31.3 Å². The molecule has 0 aliphatic rings. The largest absolute Gasteiger partial charge is 0.487 e. The fraction of sp³-hybridized carbons (Fsp3) is 0.143. The van der Waals surface area contributed by atoms with Crippen LogP contribution in [-0.2, 0) is 13.0 Å². The van der Waals surface area contributed by atoms with Crippen LogP contribution in [0.25, 0.3) is 0 Å². The highest BCUT2D eigenvalue weighted by atomic mass is 28.5. The summed E-state index contributed by atoms with van der Waals surface area (Å²) in [7, 11) is -2.28. The molecule has 0 spiro atoms. The zero-order valence-corrected chi connectivity index (χ0v) is 17.4. The topological polar surface area (TPSA) is 27.7 Å². The molecular weight excluding hydrogens is 356 g/mol. The van der Waals surface area contributed by atoms with Crippen LogP contribution in [0.15, 0.2) is 91.0 Å². The Labute approximate surface area is 157 Å². The molecule has 26 heavy (non-hydrogen) atoms. The molecule has 0 aliphatic carbocycles. The minimum atomic E-state index is -2.82. The summed E-state index contributed by atoms with van der Waals surface area (Å²) in [5, 5.41) is 3.51. The van der Waals surface area contributed by atoms with Gasteiger partial charge in [-0.15, -0.1) is 0 Å². The Morgan fingerprint density at radius 1 is 0.538 bits per heavy atom. The van der Waals surface area contributed by atoms with Crippen LogP contribution >= 0.6 is 0 Å². The minimum Gasteiger partial charge on any atom is -0.403 e. The predicted octanol–water partition coefficient (Wildman–Crippen LogP) is 2.53. The first-order chi connectivity index (χ1) is 12.6. The van der Waals surface area contributed by atoms with Gasteiger partial charge in [0.05, 0.1) is 0 Å². The van der Waals surface area contributed by atoms with Crippen molar-refractivity contribution in [1.29, 1.82) is 0 Å². The Balaban J connectivity index is 2.32. The molecule has 5 heteroatoms. The molecule has 0 unspecified atom stereocenters. The highest BCUT2D eigenvalue weighted by molar-refractivity contribution is 7.09. The molecule has 0 aromatic heterocycles. The Hall–Kier alpha value is -2.03. The number of hydrogen-bond donors (Lipinski definition) is 0. The monoisotopic (exact) mass is 380 g/mol. The summed E-state index contributed by atoms with van der Waals surface area (Å²) in [6, 6.07) is 31.3. The second-order valence-corrected chi connectivity index (χ2v) is 12.6. The Kier molecular flexibility index (Phi) is 5.85.